The number of hydrogen-bond donors (Lipinski definition) is 1. The lowest BCUT2D eigenvalue weighted by Crippen LogP contribution is -2.21. The van der Waals surface area contributed by atoms with Crippen molar-refractivity contribution >= 4 is 28.5 Å². The molecule has 0 atom stereocenters. The molecule has 7 heteroatoms. The third kappa shape index (κ3) is 3.77. The standard InChI is InChI=1S/C18H16N2O5/c1-11-7-17(25-20-11)19-16(21)10-24-18(22)14-8-12-5-3-4-6-13(12)9-15(14)23-2/h3-9H,10H2,1-2H3,(H,19,21). The van der Waals surface area contributed by atoms with Crippen LogP contribution in [-0.4, -0.2) is 30.7 Å². The Morgan fingerprint density at radius 3 is 2.52 bits per heavy atom. The average molecular weight is 340 g/mol. The number of carbonyl (C=O) groups excluding carboxylic acids is 2. The number of rotatable bonds is 5. The Bertz CT molecular complexity index is 932. The fourth-order valence-electron chi connectivity index (χ4n) is 2.35. The van der Waals surface area contributed by atoms with E-state index in [0.717, 1.165) is 10.8 Å². The van der Waals surface area contributed by atoms with Gasteiger partial charge in [0.15, 0.2) is 6.61 Å². The second-order valence-corrected chi connectivity index (χ2v) is 5.36. The van der Waals surface area contributed by atoms with Crippen molar-refractivity contribution in [3.05, 3.63) is 53.7 Å². The monoisotopic (exact) mass is 340 g/mol. The first-order chi connectivity index (χ1) is 12.1. The van der Waals surface area contributed by atoms with Gasteiger partial charge in [-0.1, -0.05) is 29.4 Å². The maximum absolute atomic E-state index is 12.3. The number of nitrogens with one attached hydrogen (secondary N) is 1. The molecule has 1 amide bonds. The van der Waals surface area contributed by atoms with Crippen LogP contribution in [0.5, 0.6) is 5.75 Å². The van der Waals surface area contributed by atoms with Crippen LogP contribution >= 0.6 is 0 Å². The van der Waals surface area contributed by atoms with Crippen LogP contribution in [0.25, 0.3) is 10.8 Å². The summed E-state index contributed by atoms with van der Waals surface area (Å²) in [5.41, 5.74) is 0.887. The van der Waals surface area contributed by atoms with Crippen LogP contribution in [0.3, 0.4) is 0 Å². The molecule has 0 aliphatic rings. The van der Waals surface area contributed by atoms with Gasteiger partial charge in [0.05, 0.1) is 12.8 Å². The summed E-state index contributed by atoms with van der Waals surface area (Å²) in [6.07, 6.45) is 0. The van der Waals surface area contributed by atoms with Crippen LogP contribution in [0, 0.1) is 6.92 Å². The summed E-state index contributed by atoms with van der Waals surface area (Å²) in [6, 6.07) is 12.6. The highest BCUT2D eigenvalue weighted by molar-refractivity contribution is 6.00. The zero-order valence-corrected chi connectivity index (χ0v) is 13.7. The number of amides is 1. The smallest absolute Gasteiger partial charge is 0.342 e. The van der Waals surface area contributed by atoms with Crippen molar-refractivity contribution < 1.29 is 23.6 Å². The zero-order chi connectivity index (χ0) is 17.8. The molecule has 0 radical (unpaired) electrons. The fourth-order valence-corrected chi connectivity index (χ4v) is 2.35. The maximum atomic E-state index is 12.3. The number of methoxy groups -OCH3 is 1. The van der Waals surface area contributed by atoms with Gasteiger partial charge >= 0.3 is 5.97 Å². The minimum Gasteiger partial charge on any atom is -0.496 e. The van der Waals surface area contributed by atoms with Crippen molar-refractivity contribution in [3.63, 3.8) is 0 Å². The highest BCUT2D eigenvalue weighted by Crippen LogP contribution is 2.26. The Hall–Kier alpha value is -3.35. The van der Waals surface area contributed by atoms with Crippen molar-refractivity contribution in [2.75, 3.05) is 19.0 Å². The Morgan fingerprint density at radius 2 is 1.88 bits per heavy atom. The molecule has 3 aromatic rings. The van der Waals surface area contributed by atoms with Crippen molar-refractivity contribution in [3.8, 4) is 5.75 Å². The van der Waals surface area contributed by atoms with E-state index in [2.05, 4.69) is 10.5 Å². The van der Waals surface area contributed by atoms with E-state index in [1.165, 1.54) is 7.11 Å². The Morgan fingerprint density at radius 1 is 1.16 bits per heavy atom. The van der Waals surface area contributed by atoms with Crippen LogP contribution in [0.1, 0.15) is 16.1 Å². The molecule has 0 aliphatic heterocycles. The Kier molecular flexibility index (Phi) is 4.65. The van der Waals surface area contributed by atoms with Crippen molar-refractivity contribution in [2.45, 2.75) is 6.92 Å². The van der Waals surface area contributed by atoms with Crippen LogP contribution in [0.15, 0.2) is 47.0 Å². The lowest BCUT2D eigenvalue weighted by molar-refractivity contribution is -0.119. The lowest BCUT2D eigenvalue weighted by Gasteiger charge is -2.10. The van der Waals surface area contributed by atoms with E-state index in [4.69, 9.17) is 14.0 Å². The molecule has 0 spiro atoms. The fraction of sp³-hybridized carbons (Fsp3) is 0.167. The summed E-state index contributed by atoms with van der Waals surface area (Å²) < 4.78 is 15.2. The molecule has 0 saturated heterocycles. The summed E-state index contributed by atoms with van der Waals surface area (Å²) in [7, 11) is 1.47. The number of benzene rings is 2. The number of nitrogens with zero attached hydrogens (tertiary/aromatic N) is 1. The van der Waals surface area contributed by atoms with Crippen molar-refractivity contribution in [2.24, 2.45) is 0 Å². The quantitative estimate of drug-likeness (QED) is 0.718. The number of aromatic nitrogens is 1. The van der Waals surface area contributed by atoms with Gasteiger partial charge in [-0.25, -0.2) is 4.79 Å². The minimum atomic E-state index is -0.647. The molecule has 2 aromatic carbocycles. The molecule has 1 heterocycles. The second kappa shape index (κ2) is 7.04. The normalized spacial score (nSPS) is 10.5. The minimum absolute atomic E-state index is 0.196. The third-order valence-electron chi connectivity index (χ3n) is 3.51. The highest BCUT2D eigenvalue weighted by atomic mass is 16.5. The predicted octanol–water partition coefficient (Wildman–Crippen LogP) is 2.94. The van der Waals surface area contributed by atoms with E-state index in [9.17, 15) is 9.59 Å². The first-order valence-electron chi connectivity index (χ1n) is 7.54. The molecule has 7 nitrogen and oxygen atoms in total. The van der Waals surface area contributed by atoms with Crippen LogP contribution < -0.4 is 10.1 Å². The molecule has 0 saturated carbocycles. The van der Waals surface area contributed by atoms with Crippen LogP contribution in [-0.2, 0) is 9.53 Å². The molecule has 0 unspecified atom stereocenters. The van der Waals surface area contributed by atoms with Gasteiger partial charge in [-0.15, -0.1) is 0 Å². The second-order valence-electron chi connectivity index (χ2n) is 5.36. The molecule has 0 bridgehead atoms. The van der Waals surface area contributed by atoms with Gasteiger partial charge < -0.3 is 14.0 Å². The Balaban J connectivity index is 1.70. The topological polar surface area (TPSA) is 90.7 Å². The van der Waals surface area contributed by atoms with Crippen molar-refractivity contribution in [1.82, 2.24) is 5.16 Å². The third-order valence-corrected chi connectivity index (χ3v) is 3.51. The van der Waals surface area contributed by atoms with Gasteiger partial charge in [-0.05, 0) is 29.8 Å². The molecule has 25 heavy (non-hydrogen) atoms. The van der Waals surface area contributed by atoms with Crippen molar-refractivity contribution in [1.29, 1.82) is 0 Å². The van der Waals surface area contributed by atoms with Crippen LogP contribution in [0.4, 0.5) is 5.88 Å². The van der Waals surface area contributed by atoms with Gasteiger partial charge in [-0.2, -0.15) is 0 Å². The molecule has 3 rings (SSSR count). The molecular formula is C18H16N2O5. The van der Waals surface area contributed by atoms with Gasteiger partial charge in [0.1, 0.15) is 11.3 Å². The van der Waals surface area contributed by atoms with Gasteiger partial charge in [0.2, 0.25) is 5.88 Å². The molecule has 1 aromatic heterocycles. The summed E-state index contributed by atoms with van der Waals surface area (Å²) in [4.78, 5) is 24.1. The highest BCUT2D eigenvalue weighted by Gasteiger charge is 2.17. The van der Waals surface area contributed by atoms with E-state index in [-0.39, 0.29) is 11.4 Å². The molecule has 0 aliphatic carbocycles. The molecule has 1 N–H and O–H groups in total. The largest absolute Gasteiger partial charge is 0.496 e. The number of hydrogen-bond acceptors (Lipinski definition) is 6. The number of aryl methyl sites for hydroxylation is 1. The van der Waals surface area contributed by atoms with E-state index in [1.54, 1.807) is 25.1 Å². The lowest BCUT2D eigenvalue weighted by atomic mass is 10.1. The first kappa shape index (κ1) is 16.5. The summed E-state index contributed by atoms with van der Waals surface area (Å²) in [5, 5.41) is 7.91. The number of anilines is 1. The van der Waals surface area contributed by atoms with Gasteiger partial charge in [0.25, 0.3) is 5.91 Å². The van der Waals surface area contributed by atoms with E-state index >= 15 is 0 Å². The average Bonchev–Trinajstić information content (AvgIpc) is 3.03. The molecule has 128 valence electrons. The number of ether oxygens (including phenoxy) is 2. The first-order valence-corrected chi connectivity index (χ1v) is 7.54. The molecule has 0 fully saturated rings. The summed E-state index contributed by atoms with van der Waals surface area (Å²) in [5.74, 6) is -0.590. The number of carbonyl (C=O) groups is 2. The maximum Gasteiger partial charge on any atom is 0.342 e. The van der Waals surface area contributed by atoms with E-state index in [0.29, 0.717) is 11.4 Å². The summed E-state index contributed by atoms with van der Waals surface area (Å²) in [6.45, 7) is 1.28. The summed E-state index contributed by atoms with van der Waals surface area (Å²) >= 11 is 0. The SMILES string of the molecule is COc1cc2ccccc2cc1C(=O)OCC(=O)Nc1cc(C)no1. The van der Waals surface area contributed by atoms with Gasteiger partial charge in [-0.3, -0.25) is 10.1 Å². The number of fused-ring (bicyclic) bond motifs is 1. The van der Waals surface area contributed by atoms with E-state index < -0.39 is 18.5 Å². The molecular weight excluding hydrogens is 324 g/mol. The van der Waals surface area contributed by atoms with E-state index in [1.807, 2.05) is 24.3 Å². The number of esters is 1. The van der Waals surface area contributed by atoms with Gasteiger partial charge in [0, 0.05) is 6.07 Å². The Labute approximate surface area is 143 Å². The predicted molar refractivity (Wildman–Crippen MR) is 90.7 cm³/mol. The van der Waals surface area contributed by atoms with Crippen LogP contribution in [0.2, 0.25) is 0 Å². The zero-order valence-electron chi connectivity index (χ0n) is 13.7.